The average Bonchev–Trinajstić information content (AvgIpc) is 2.89. The third-order valence-corrected chi connectivity index (χ3v) is 2.74. The number of nitrogens with zero attached hydrogens (tertiary/aromatic N) is 2. The quantitative estimate of drug-likeness (QED) is 0.705. The summed E-state index contributed by atoms with van der Waals surface area (Å²) < 4.78 is 10.5. The lowest BCUT2D eigenvalue weighted by Crippen LogP contribution is -1.86. The molecule has 0 aliphatic rings. The molecule has 0 atom stereocenters. The highest BCUT2D eigenvalue weighted by molar-refractivity contribution is 5.83. The number of aromatic nitrogens is 1. The van der Waals surface area contributed by atoms with E-state index in [0.717, 1.165) is 11.1 Å². The standard InChI is InChI=1S/C13H9N3O2/c1-7-16-11-3-2-8(4-12(11)18-7)10-6-17-13(15)9(10)5-14/h2-4,6H,15H2,1H3. The lowest BCUT2D eigenvalue weighted by atomic mass is 10.0. The number of hydrogen-bond acceptors (Lipinski definition) is 5. The van der Waals surface area contributed by atoms with Crippen molar-refractivity contribution in [2.45, 2.75) is 6.92 Å². The molecule has 0 amide bonds. The van der Waals surface area contributed by atoms with Crippen LogP contribution in [0.4, 0.5) is 5.88 Å². The zero-order valence-electron chi connectivity index (χ0n) is 9.60. The minimum atomic E-state index is 0.126. The van der Waals surface area contributed by atoms with E-state index in [1.807, 2.05) is 24.3 Å². The zero-order chi connectivity index (χ0) is 12.7. The third kappa shape index (κ3) is 1.44. The van der Waals surface area contributed by atoms with Gasteiger partial charge in [0.15, 0.2) is 11.5 Å². The number of rotatable bonds is 1. The summed E-state index contributed by atoms with van der Waals surface area (Å²) in [4.78, 5) is 4.22. The topological polar surface area (TPSA) is 89.0 Å². The van der Waals surface area contributed by atoms with E-state index in [-0.39, 0.29) is 5.88 Å². The molecule has 1 aromatic carbocycles. The smallest absolute Gasteiger partial charge is 0.208 e. The maximum Gasteiger partial charge on any atom is 0.208 e. The van der Waals surface area contributed by atoms with Gasteiger partial charge in [-0.25, -0.2) is 4.98 Å². The number of oxazole rings is 1. The van der Waals surface area contributed by atoms with Crippen LogP contribution in [0.2, 0.25) is 0 Å². The van der Waals surface area contributed by atoms with E-state index in [1.54, 1.807) is 6.92 Å². The summed E-state index contributed by atoms with van der Waals surface area (Å²) in [6.07, 6.45) is 1.47. The Bertz CT molecular complexity index is 777. The molecule has 0 fully saturated rings. The molecule has 0 unspecified atom stereocenters. The van der Waals surface area contributed by atoms with E-state index >= 15 is 0 Å². The molecule has 0 radical (unpaired) electrons. The summed E-state index contributed by atoms with van der Waals surface area (Å²) in [6, 6.07) is 7.55. The van der Waals surface area contributed by atoms with Crippen LogP contribution in [0.1, 0.15) is 11.5 Å². The van der Waals surface area contributed by atoms with Crippen LogP contribution in [0.3, 0.4) is 0 Å². The predicted octanol–water partition coefficient (Wildman–Crippen LogP) is 2.85. The largest absolute Gasteiger partial charge is 0.447 e. The van der Waals surface area contributed by atoms with Crippen molar-refractivity contribution in [2.24, 2.45) is 0 Å². The fourth-order valence-electron chi connectivity index (χ4n) is 1.91. The summed E-state index contributed by atoms with van der Waals surface area (Å²) in [5.74, 6) is 0.732. The highest BCUT2D eigenvalue weighted by Gasteiger charge is 2.14. The molecule has 0 saturated heterocycles. The van der Waals surface area contributed by atoms with Crippen LogP contribution >= 0.6 is 0 Å². The highest BCUT2D eigenvalue weighted by Crippen LogP contribution is 2.31. The molecule has 18 heavy (non-hydrogen) atoms. The SMILES string of the molecule is Cc1nc2ccc(-c3coc(N)c3C#N)cc2o1. The maximum atomic E-state index is 9.04. The van der Waals surface area contributed by atoms with Crippen molar-refractivity contribution < 1.29 is 8.83 Å². The first-order chi connectivity index (χ1) is 8.69. The molecule has 3 rings (SSSR count). The van der Waals surface area contributed by atoms with Crippen molar-refractivity contribution >= 4 is 17.0 Å². The van der Waals surface area contributed by atoms with Gasteiger partial charge in [-0.2, -0.15) is 5.26 Å². The van der Waals surface area contributed by atoms with Gasteiger partial charge in [0.25, 0.3) is 0 Å². The molecule has 88 valence electrons. The van der Waals surface area contributed by atoms with E-state index in [2.05, 4.69) is 4.98 Å². The first kappa shape index (κ1) is 10.4. The molecule has 0 aliphatic carbocycles. The Morgan fingerprint density at radius 2 is 2.22 bits per heavy atom. The van der Waals surface area contributed by atoms with Crippen LogP contribution in [-0.2, 0) is 0 Å². The van der Waals surface area contributed by atoms with Crippen LogP contribution in [0, 0.1) is 18.3 Å². The summed E-state index contributed by atoms with van der Waals surface area (Å²) in [5, 5.41) is 9.04. The van der Waals surface area contributed by atoms with Crippen LogP contribution in [-0.4, -0.2) is 4.98 Å². The minimum Gasteiger partial charge on any atom is -0.447 e. The second-order valence-electron chi connectivity index (χ2n) is 3.92. The van der Waals surface area contributed by atoms with Gasteiger partial charge in [0.05, 0.1) is 0 Å². The summed E-state index contributed by atoms with van der Waals surface area (Å²) in [6.45, 7) is 1.79. The Morgan fingerprint density at radius 1 is 1.39 bits per heavy atom. The number of nitriles is 1. The van der Waals surface area contributed by atoms with Gasteiger partial charge in [-0.3, -0.25) is 0 Å². The molecule has 0 spiro atoms. The molecule has 0 saturated carbocycles. The van der Waals surface area contributed by atoms with Gasteiger partial charge in [-0.05, 0) is 17.7 Å². The Morgan fingerprint density at radius 3 is 3.00 bits per heavy atom. The van der Waals surface area contributed by atoms with E-state index in [9.17, 15) is 0 Å². The molecular weight excluding hydrogens is 230 g/mol. The predicted molar refractivity (Wildman–Crippen MR) is 65.6 cm³/mol. The van der Waals surface area contributed by atoms with E-state index < -0.39 is 0 Å². The van der Waals surface area contributed by atoms with Gasteiger partial charge in [0, 0.05) is 12.5 Å². The molecule has 0 aliphatic heterocycles. The lowest BCUT2D eigenvalue weighted by molar-refractivity contribution is 0.561. The Labute approximate surface area is 102 Å². The minimum absolute atomic E-state index is 0.126. The van der Waals surface area contributed by atoms with Crippen LogP contribution < -0.4 is 5.73 Å². The highest BCUT2D eigenvalue weighted by atomic mass is 16.3. The molecule has 5 nitrogen and oxygen atoms in total. The van der Waals surface area contributed by atoms with Crippen LogP contribution in [0.15, 0.2) is 33.3 Å². The second kappa shape index (κ2) is 3.64. The van der Waals surface area contributed by atoms with Crippen molar-refractivity contribution in [3.8, 4) is 17.2 Å². The van der Waals surface area contributed by atoms with Gasteiger partial charge < -0.3 is 14.6 Å². The Hall–Kier alpha value is -2.74. The average molecular weight is 239 g/mol. The molecule has 2 aromatic heterocycles. The van der Waals surface area contributed by atoms with Crippen molar-refractivity contribution in [3.05, 3.63) is 35.9 Å². The molecule has 3 aromatic rings. The fraction of sp³-hybridized carbons (Fsp3) is 0.0769. The van der Waals surface area contributed by atoms with Gasteiger partial charge in [-0.15, -0.1) is 0 Å². The van der Waals surface area contributed by atoms with Crippen molar-refractivity contribution in [3.63, 3.8) is 0 Å². The number of benzene rings is 1. The second-order valence-corrected chi connectivity index (χ2v) is 3.92. The molecule has 2 heterocycles. The summed E-state index contributed by atoms with van der Waals surface area (Å²) >= 11 is 0. The van der Waals surface area contributed by atoms with E-state index in [0.29, 0.717) is 22.6 Å². The van der Waals surface area contributed by atoms with Gasteiger partial charge >= 0.3 is 0 Å². The van der Waals surface area contributed by atoms with E-state index in [4.69, 9.17) is 19.8 Å². The normalized spacial score (nSPS) is 10.7. The van der Waals surface area contributed by atoms with Gasteiger partial charge in [0.2, 0.25) is 5.88 Å². The van der Waals surface area contributed by atoms with Crippen molar-refractivity contribution in [1.29, 1.82) is 5.26 Å². The number of anilines is 1. The number of fused-ring (bicyclic) bond motifs is 1. The third-order valence-electron chi connectivity index (χ3n) is 2.74. The van der Waals surface area contributed by atoms with E-state index in [1.165, 1.54) is 6.26 Å². The van der Waals surface area contributed by atoms with Crippen molar-refractivity contribution in [1.82, 2.24) is 4.98 Å². The van der Waals surface area contributed by atoms with Gasteiger partial charge in [-0.1, -0.05) is 6.07 Å². The molecule has 0 bridgehead atoms. The first-order valence-electron chi connectivity index (χ1n) is 5.33. The number of aryl methyl sites for hydroxylation is 1. The Kier molecular flexibility index (Phi) is 2.10. The maximum absolute atomic E-state index is 9.04. The zero-order valence-corrected chi connectivity index (χ0v) is 9.60. The van der Waals surface area contributed by atoms with Crippen LogP contribution in [0.25, 0.3) is 22.2 Å². The number of furan rings is 1. The van der Waals surface area contributed by atoms with Crippen molar-refractivity contribution in [2.75, 3.05) is 5.73 Å². The Balaban J connectivity index is 2.22. The number of hydrogen-bond donors (Lipinski definition) is 1. The molecule has 2 N–H and O–H groups in total. The molecular formula is C13H9N3O2. The number of nitrogen functional groups attached to an aromatic ring is 1. The molecule has 5 heteroatoms. The monoisotopic (exact) mass is 239 g/mol. The fourth-order valence-corrected chi connectivity index (χ4v) is 1.91. The van der Waals surface area contributed by atoms with Crippen LogP contribution in [0.5, 0.6) is 0 Å². The van der Waals surface area contributed by atoms with Gasteiger partial charge in [0.1, 0.15) is 23.4 Å². The summed E-state index contributed by atoms with van der Waals surface area (Å²) in [5.41, 5.74) is 8.85. The number of nitrogens with two attached hydrogens (primary N) is 1. The lowest BCUT2D eigenvalue weighted by Gasteiger charge is -1.97. The first-order valence-corrected chi connectivity index (χ1v) is 5.33. The summed E-state index contributed by atoms with van der Waals surface area (Å²) in [7, 11) is 0.